The van der Waals surface area contributed by atoms with Gasteiger partial charge in [-0.3, -0.25) is 5.10 Å². The number of aromatic nitrogens is 2. The van der Waals surface area contributed by atoms with Gasteiger partial charge in [0.05, 0.1) is 17.9 Å². The van der Waals surface area contributed by atoms with Crippen LogP contribution in [0.3, 0.4) is 0 Å². The maximum Gasteiger partial charge on any atom is 0.507 e. The highest BCUT2D eigenvalue weighted by Crippen LogP contribution is 2.25. The van der Waals surface area contributed by atoms with Crippen LogP contribution in [0.1, 0.15) is 30.9 Å². The lowest BCUT2D eigenvalue weighted by atomic mass is 9.81. The quantitative estimate of drug-likeness (QED) is 0.548. The van der Waals surface area contributed by atoms with Gasteiger partial charge in [-0.05, 0) is 19.3 Å². The van der Waals surface area contributed by atoms with Gasteiger partial charge < -0.3 is 14.8 Å². The normalized spacial score (nSPS) is 22.3. The molecule has 0 amide bonds. The molecule has 1 atom stereocenters. The lowest BCUT2D eigenvalue weighted by molar-refractivity contribution is 0.0154. The van der Waals surface area contributed by atoms with Crippen molar-refractivity contribution in [2.45, 2.75) is 25.4 Å². The number of hydrogen-bond donors (Lipinski definition) is 3. The lowest BCUT2D eigenvalue weighted by Crippen LogP contribution is -2.35. The minimum absolute atomic E-state index is 0.0423. The van der Waals surface area contributed by atoms with Crippen LogP contribution in [0.25, 0.3) is 0 Å². The maximum atomic E-state index is 9.05. The third-order valence-electron chi connectivity index (χ3n) is 2.48. The van der Waals surface area contributed by atoms with Crippen molar-refractivity contribution in [3.63, 3.8) is 0 Å². The van der Waals surface area contributed by atoms with E-state index in [1.165, 1.54) is 0 Å². The van der Waals surface area contributed by atoms with E-state index in [9.17, 15) is 0 Å². The number of ether oxygens (including phenoxy) is 1. The highest BCUT2D eigenvalue weighted by Gasteiger charge is 2.25. The third kappa shape index (κ3) is 1.82. The first-order valence-electron chi connectivity index (χ1n) is 4.80. The zero-order chi connectivity index (χ0) is 9.97. The fraction of sp³-hybridized carbons (Fsp3) is 0.625. The highest BCUT2D eigenvalue weighted by atomic mass is 16.5. The summed E-state index contributed by atoms with van der Waals surface area (Å²) < 4.78 is 5.53. The summed E-state index contributed by atoms with van der Waals surface area (Å²) in [5.74, 6) is 0. The largest absolute Gasteiger partial charge is 0.507 e. The summed E-state index contributed by atoms with van der Waals surface area (Å²) in [5, 5.41) is 24.5. The van der Waals surface area contributed by atoms with Crippen molar-refractivity contribution >= 4 is 12.7 Å². The molecule has 5 nitrogen and oxygen atoms in total. The van der Waals surface area contributed by atoms with E-state index in [4.69, 9.17) is 14.8 Å². The standard InChI is InChI=1S/C8H13BN2O3/c12-9(13)8-6(5-10-11-8)7-3-1-2-4-14-7/h5,7,12-13H,1-4H2,(H,10,11). The minimum Gasteiger partial charge on any atom is -0.422 e. The monoisotopic (exact) mass is 196 g/mol. The SMILES string of the molecule is OB(O)c1[nH]ncc1C1CCCCO1. The van der Waals surface area contributed by atoms with E-state index < -0.39 is 7.12 Å². The summed E-state index contributed by atoms with van der Waals surface area (Å²) in [6, 6.07) is 0. The second-order valence-corrected chi connectivity index (χ2v) is 3.47. The predicted molar refractivity (Wildman–Crippen MR) is 51.0 cm³/mol. The average Bonchev–Trinajstić information content (AvgIpc) is 2.67. The molecule has 2 heterocycles. The molecule has 0 saturated carbocycles. The molecule has 0 radical (unpaired) electrons. The number of aromatic amines is 1. The van der Waals surface area contributed by atoms with Crippen LogP contribution in [0, 0.1) is 0 Å². The molecular weight excluding hydrogens is 183 g/mol. The van der Waals surface area contributed by atoms with Crippen LogP contribution in [0.4, 0.5) is 0 Å². The van der Waals surface area contributed by atoms with E-state index in [-0.39, 0.29) is 6.10 Å². The molecule has 76 valence electrons. The number of hydrogen-bond acceptors (Lipinski definition) is 4. The molecule has 1 unspecified atom stereocenters. The molecule has 0 bridgehead atoms. The molecule has 3 N–H and O–H groups in total. The lowest BCUT2D eigenvalue weighted by Gasteiger charge is -2.22. The summed E-state index contributed by atoms with van der Waals surface area (Å²) in [7, 11) is -1.50. The number of H-pyrrole nitrogens is 1. The molecule has 6 heteroatoms. The van der Waals surface area contributed by atoms with Gasteiger partial charge in [0.25, 0.3) is 0 Å². The van der Waals surface area contributed by atoms with Crippen molar-refractivity contribution in [2.24, 2.45) is 0 Å². The molecule has 0 aliphatic carbocycles. The Morgan fingerprint density at radius 2 is 2.36 bits per heavy atom. The number of rotatable bonds is 2. The third-order valence-corrected chi connectivity index (χ3v) is 2.48. The van der Waals surface area contributed by atoms with Crippen molar-refractivity contribution < 1.29 is 14.8 Å². The van der Waals surface area contributed by atoms with Crippen LogP contribution in [-0.4, -0.2) is 34.0 Å². The molecule has 2 rings (SSSR count). The van der Waals surface area contributed by atoms with Crippen molar-refractivity contribution in [3.05, 3.63) is 11.8 Å². The van der Waals surface area contributed by atoms with Gasteiger partial charge in [-0.15, -0.1) is 0 Å². The van der Waals surface area contributed by atoms with Crippen LogP contribution in [0.2, 0.25) is 0 Å². The average molecular weight is 196 g/mol. The van der Waals surface area contributed by atoms with Gasteiger partial charge in [0.2, 0.25) is 0 Å². The van der Waals surface area contributed by atoms with Crippen LogP contribution in [0.15, 0.2) is 6.20 Å². The van der Waals surface area contributed by atoms with Crippen LogP contribution in [0.5, 0.6) is 0 Å². The fourth-order valence-corrected chi connectivity index (χ4v) is 1.75. The van der Waals surface area contributed by atoms with E-state index in [2.05, 4.69) is 10.2 Å². The van der Waals surface area contributed by atoms with E-state index in [1.807, 2.05) is 0 Å². The first-order valence-corrected chi connectivity index (χ1v) is 4.80. The molecule has 1 aromatic heterocycles. The molecule has 1 fully saturated rings. The molecule has 0 spiro atoms. The Hall–Kier alpha value is -0.845. The van der Waals surface area contributed by atoms with E-state index in [0.717, 1.165) is 31.4 Å². The second-order valence-electron chi connectivity index (χ2n) is 3.47. The Balaban J connectivity index is 2.17. The fourth-order valence-electron chi connectivity index (χ4n) is 1.75. The zero-order valence-corrected chi connectivity index (χ0v) is 7.81. The Morgan fingerprint density at radius 1 is 1.50 bits per heavy atom. The molecule has 1 aliphatic heterocycles. The van der Waals surface area contributed by atoms with Crippen LogP contribution < -0.4 is 5.59 Å². The van der Waals surface area contributed by atoms with Gasteiger partial charge in [-0.2, -0.15) is 5.10 Å². The van der Waals surface area contributed by atoms with Gasteiger partial charge >= 0.3 is 7.12 Å². The summed E-state index contributed by atoms with van der Waals surface area (Å²) in [4.78, 5) is 0. The summed E-state index contributed by atoms with van der Waals surface area (Å²) in [6.07, 6.45) is 4.66. The van der Waals surface area contributed by atoms with Gasteiger partial charge in [-0.25, -0.2) is 0 Å². The zero-order valence-electron chi connectivity index (χ0n) is 7.81. The van der Waals surface area contributed by atoms with E-state index >= 15 is 0 Å². The van der Waals surface area contributed by atoms with Gasteiger partial charge in [0, 0.05) is 12.2 Å². The Labute approximate surface area is 82.2 Å². The first-order chi connectivity index (χ1) is 6.79. The molecule has 0 aromatic carbocycles. The Bertz CT molecular complexity index is 297. The molecule has 1 aliphatic rings. The predicted octanol–water partition coefficient (Wildman–Crippen LogP) is -0.669. The Kier molecular flexibility index (Phi) is 2.86. The smallest absolute Gasteiger partial charge is 0.422 e. The van der Waals surface area contributed by atoms with Gasteiger partial charge in [0.15, 0.2) is 0 Å². The van der Waals surface area contributed by atoms with Crippen molar-refractivity contribution in [1.82, 2.24) is 10.2 Å². The maximum absolute atomic E-state index is 9.05. The first kappa shape index (κ1) is 9.70. The van der Waals surface area contributed by atoms with Crippen molar-refractivity contribution in [3.8, 4) is 0 Å². The minimum atomic E-state index is -1.50. The second kappa shape index (κ2) is 4.12. The highest BCUT2D eigenvalue weighted by molar-refractivity contribution is 6.58. The molecular formula is C8H13BN2O3. The molecule has 1 saturated heterocycles. The van der Waals surface area contributed by atoms with E-state index in [0.29, 0.717) is 5.59 Å². The molecule has 14 heavy (non-hydrogen) atoms. The number of nitrogens with zero attached hydrogens (tertiary/aromatic N) is 1. The van der Waals surface area contributed by atoms with Gasteiger partial charge in [-0.1, -0.05) is 0 Å². The van der Waals surface area contributed by atoms with Crippen molar-refractivity contribution in [2.75, 3.05) is 6.61 Å². The van der Waals surface area contributed by atoms with Gasteiger partial charge in [0.1, 0.15) is 0 Å². The van der Waals surface area contributed by atoms with E-state index in [1.54, 1.807) is 6.20 Å². The Morgan fingerprint density at radius 3 is 3.00 bits per heavy atom. The summed E-state index contributed by atoms with van der Waals surface area (Å²) in [5.41, 5.74) is 1.11. The molecule has 1 aromatic rings. The summed E-state index contributed by atoms with van der Waals surface area (Å²) in [6.45, 7) is 0.733. The van der Waals surface area contributed by atoms with Crippen LogP contribution in [-0.2, 0) is 4.74 Å². The topological polar surface area (TPSA) is 78.4 Å². The van der Waals surface area contributed by atoms with Crippen molar-refractivity contribution in [1.29, 1.82) is 0 Å². The summed E-state index contributed by atoms with van der Waals surface area (Å²) >= 11 is 0. The van der Waals surface area contributed by atoms with Crippen LogP contribution >= 0.6 is 0 Å². The number of nitrogens with one attached hydrogen (secondary N) is 1.